The van der Waals surface area contributed by atoms with Crippen molar-refractivity contribution < 1.29 is 27.9 Å². The molecule has 0 saturated carbocycles. The lowest BCUT2D eigenvalue weighted by atomic mass is 9.73. The fourth-order valence-electron chi connectivity index (χ4n) is 5.09. The van der Waals surface area contributed by atoms with Crippen LogP contribution in [0.4, 0.5) is 0 Å². The Hall–Kier alpha value is -2.95. The largest absolute Gasteiger partial charge is 0.496 e. The molecule has 2 fully saturated rings. The van der Waals surface area contributed by atoms with Crippen molar-refractivity contribution in [3.05, 3.63) is 65.7 Å². The van der Waals surface area contributed by atoms with E-state index in [2.05, 4.69) is 5.32 Å². The first-order valence-corrected chi connectivity index (χ1v) is 13.1. The third-order valence-electron chi connectivity index (χ3n) is 7.12. The smallest absolute Gasteiger partial charge is 0.322 e. The number of methoxy groups -OCH3 is 1. The number of carboxylic acid groups (broad SMARTS) is 1. The van der Waals surface area contributed by atoms with E-state index in [9.17, 15) is 23.1 Å². The van der Waals surface area contributed by atoms with Crippen LogP contribution in [0, 0.1) is 0 Å². The van der Waals surface area contributed by atoms with Gasteiger partial charge in [0.25, 0.3) is 16.1 Å². The molecule has 1 amide bonds. The molecule has 2 N–H and O–H groups in total. The number of piperidine rings is 1. The molecule has 2 heterocycles. The number of nitrogens with zero attached hydrogens (tertiary/aromatic N) is 2. The lowest BCUT2D eigenvalue weighted by molar-refractivity contribution is -0.140. The molecule has 0 spiro atoms. The molecule has 188 valence electrons. The van der Waals surface area contributed by atoms with Crippen molar-refractivity contribution in [2.45, 2.75) is 37.1 Å². The average Bonchev–Trinajstić information content (AvgIpc) is 3.40. The summed E-state index contributed by atoms with van der Waals surface area (Å²) in [5, 5.41) is 12.5. The fraction of sp³-hybridized carbons (Fsp3) is 0.440. The maximum absolute atomic E-state index is 13.3. The summed E-state index contributed by atoms with van der Waals surface area (Å²) in [5.74, 6) is -0.881. The van der Waals surface area contributed by atoms with Gasteiger partial charge in [-0.3, -0.25) is 9.59 Å². The Balaban J connectivity index is 1.52. The van der Waals surface area contributed by atoms with Gasteiger partial charge in [0, 0.05) is 31.6 Å². The highest BCUT2D eigenvalue weighted by Crippen LogP contribution is 2.37. The second-order valence-corrected chi connectivity index (χ2v) is 10.9. The van der Waals surface area contributed by atoms with Crippen molar-refractivity contribution in [1.29, 1.82) is 0 Å². The molecule has 2 aliphatic rings. The number of carboxylic acids is 1. The van der Waals surface area contributed by atoms with E-state index < -0.39 is 27.6 Å². The molecule has 1 atom stereocenters. The predicted octanol–water partition coefficient (Wildman–Crippen LogP) is 2.25. The molecule has 2 aromatic carbocycles. The minimum Gasteiger partial charge on any atom is -0.496 e. The summed E-state index contributed by atoms with van der Waals surface area (Å²) >= 11 is 0. The Bertz CT molecular complexity index is 1160. The van der Waals surface area contributed by atoms with Crippen LogP contribution in [0.3, 0.4) is 0 Å². The Morgan fingerprint density at radius 2 is 1.71 bits per heavy atom. The molecule has 2 aliphatic heterocycles. The van der Waals surface area contributed by atoms with Gasteiger partial charge in [0.1, 0.15) is 11.8 Å². The minimum atomic E-state index is -3.89. The Labute approximate surface area is 205 Å². The van der Waals surface area contributed by atoms with E-state index in [1.54, 1.807) is 24.3 Å². The van der Waals surface area contributed by atoms with E-state index in [4.69, 9.17) is 4.74 Å². The van der Waals surface area contributed by atoms with E-state index in [1.165, 1.54) is 11.4 Å². The van der Waals surface area contributed by atoms with Gasteiger partial charge in [-0.1, -0.05) is 42.5 Å². The highest BCUT2D eigenvalue weighted by atomic mass is 32.2. The van der Waals surface area contributed by atoms with Crippen molar-refractivity contribution in [1.82, 2.24) is 13.9 Å². The van der Waals surface area contributed by atoms with Crippen LogP contribution in [-0.4, -0.2) is 73.3 Å². The molecule has 2 saturated heterocycles. The SMILES string of the molecule is COc1ccccc1C(=O)NCC1(c2ccccc2)CCN(S(=O)(=O)N2CCCC2C(=O)O)CC1. The van der Waals surface area contributed by atoms with Crippen LogP contribution in [0.25, 0.3) is 0 Å². The van der Waals surface area contributed by atoms with Crippen LogP contribution in [0.1, 0.15) is 41.6 Å². The molecular weight excluding hydrogens is 470 g/mol. The molecule has 1 unspecified atom stereocenters. The standard InChI is InChI=1S/C25H31N3O6S/c1-34-22-12-6-5-10-20(22)23(29)26-18-25(19-8-3-2-4-9-19)13-16-27(17-14-25)35(32,33)28-15-7-11-21(28)24(30)31/h2-6,8-10,12,21H,7,11,13-18H2,1H3,(H,26,29)(H,30,31). The normalized spacial score (nSPS) is 20.9. The van der Waals surface area contributed by atoms with Crippen LogP contribution in [0.5, 0.6) is 5.75 Å². The van der Waals surface area contributed by atoms with Gasteiger partial charge in [0.2, 0.25) is 0 Å². The Morgan fingerprint density at radius 1 is 1.06 bits per heavy atom. The van der Waals surface area contributed by atoms with Crippen LogP contribution in [0.2, 0.25) is 0 Å². The molecule has 2 aromatic rings. The summed E-state index contributed by atoms with van der Waals surface area (Å²) in [4.78, 5) is 24.5. The number of aliphatic carboxylic acids is 1. The lowest BCUT2D eigenvalue weighted by Gasteiger charge is -2.43. The number of para-hydroxylation sites is 1. The highest BCUT2D eigenvalue weighted by Gasteiger charge is 2.45. The molecule has 35 heavy (non-hydrogen) atoms. The zero-order chi connectivity index (χ0) is 25.1. The summed E-state index contributed by atoms with van der Waals surface area (Å²) in [6.45, 7) is 1.03. The van der Waals surface area contributed by atoms with Crippen LogP contribution < -0.4 is 10.1 Å². The maximum atomic E-state index is 13.3. The number of carbonyl (C=O) groups excluding carboxylic acids is 1. The minimum absolute atomic E-state index is 0.217. The predicted molar refractivity (Wildman–Crippen MR) is 131 cm³/mol. The van der Waals surface area contributed by atoms with Crippen LogP contribution in [-0.2, 0) is 20.4 Å². The second-order valence-electron chi connectivity index (χ2n) is 9.04. The van der Waals surface area contributed by atoms with Gasteiger partial charge in [-0.05, 0) is 43.4 Å². The first-order valence-electron chi connectivity index (χ1n) is 11.7. The zero-order valence-corrected chi connectivity index (χ0v) is 20.5. The number of ether oxygens (including phenoxy) is 1. The summed E-state index contributed by atoms with van der Waals surface area (Å²) in [6.07, 6.45) is 1.85. The summed E-state index contributed by atoms with van der Waals surface area (Å²) < 4.78 is 34.4. The third kappa shape index (κ3) is 5.05. The Kier molecular flexibility index (Phi) is 7.44. The number of amides is 1. The molecule has 0 bridgehead atoms. The van der Waals surface area contributed by atoms with Gasteiger partial charge < -0.3 is 15.2 Å². The number of nitrogens with one attached hydrogen (secondary N) is 1. The van der Waals surface area contributed by atoms with Gasteiger partial charge in [0.05, 0.1) is 12.7 Å². The number of carbonyl (C=O) groups is 2. The Morgan fingerprint density at radius 3 is 2.37 bits per heavy atom. The van der Waals surface area contributed by atoms with Crippen molar-refractivity contribution >= 4 is 22.1 Å². The molecule has 0 aromatic heterocycles. The summed E-state index contributed by atoms with van der Waals surface area (Å²) in [5.41, 5.74) is 1.01. The highest BCUT2D eigenvalue weighted by molar-refractivity contribution is 7.86. The lowest BCUT2D eigenvalue weighted by Crippen LogP contribution is -2.54. The van der Waals surface area contributed by atoms with Crippen molar-refractivity contribution in [3.8, 4) is 5.75 Å². The van der Waals surface area contributed by atoms with E-state index >= 15 is 0 Å². The van der Waals surface area contributed by atoms with Crippen molar-refractivity contribution in [3.63, 3.8) is 0 Å². The molecule has 9 nitrogen and oxygen atoms in total. The molecule has 0 aliphatic carbocycles. The van der Waals surface area contributed by atoms with E-state index in [0.29, 0.717) is 43.5 Å². The van der Waals surface area contributed by atoms with E-state index in [0.717, 1.165) is 9.87 Å². The maximum Gasteiger partial charge on any atom is 0.322 e. The fourth-order valence-corrected chi connectivity index (χ4v) is 6.91. The first kappa shape index (κ1) is 25.2. The number of hydrogen-bond acceptors (Lipinski definition) is 5. The van der Waals surface area contributed by atoms with Gasteiger partial charge in [-0.15, -0.1) is 0 Å². The molecule has 0 radical (unpaired) electrons. The first-order chi connectivity index (χ1) is 16.8. The topological polar surface area (TPSA) is 116 Å². The number of hydrogen-bond donors (Lipinski definition) is 2. The quantitative estimate of drug-likeness (QED) is 0.573. The summed E-state index contributed by atoms with van der Waals surface area (Å²) in [7, 11) is -2.37. The molecular formula is C25H31N3O6S. The average molecular weight is 502 g/mol. The van der Waals surface area contributed by atoms with Crippen molar-refractivity contribution in [2.75, 3.05) is 33.3 Å². The molecule has 10 heteroatoms. The van der Waals surface area contributed by atoms with Gasteiger partial charge in [0.15, 0.2) is 0 Å². The number of rotatable bonds is 8. The second kappa shape index (κ2) is 10.3. The van der Waals surface area contributed by atoms with Gasteiger partial charge in [-0.2, -0.15) is 17.0 Å². The monoisotopic (exact) mass is 501 g/mol. The van der Waals surface area contributed by atoms with E-state index in [1.807, 2.05) is 30.3 Å². The van der Waals surface area contributed by atoms with Gasteiger partial charge >= 0.3 is 5.97 Å². The molecule has 4 rings (SSSR count). The van der Waals surface area contributed by atoms with Crippen LogP contribution >= 0.6 is 0 Å². The summed E-state index contributed by atoms with van der Waals surface area (Å²) in [6, 6.07) is 15.8. The zero-order valence-electron chi connectivity index (χ0n) is 19.7. The number of benzene rings is 2. The van der Waals surface area contributed by atoms with Gasteiger partial charge in [-0.25, -0.2) is 0 Å². The van der Waals surface area contributed by atoms with E-state index in [-0.39, 0.29) is 25.5 Å². The third-order valence-corrected chi connectivity index (χ3v) is 9.16. The van der Waals surface area contributed by atoms with Crippen LogP contribution in [0.15, 0.2) is 54.6 Å². The van der Waals surface area contributed by atoms with Crippen molar-refractivity contribution in [2.24, 2.45) is 0 Å².